The molecular weight excluding hydrogens is 288 g/mol. The van der Waals surface area contributed by atoms with Crippen molar-refractivity contribution in [1.29, 1.82) is 0 Å². The first-order chi connectivity index (χ1) is 11.1. The number of anilines is 1. The maximum atomic E-state index is 11.7. The second-order valence-electron chi connectivity index (χ2n) is 6.50. The van der Waals surface area contributed by atoms with Crippen LogP contribution in [0.15, 0.2) is 54.1 Å². The average molecular weight is 312 g/mol. The van der Waals surface area contributed by atoms with Crippen molar-refractivity contribution in [3.8, 4) is 0 Å². The number of hydrogen-bond acceptors (Lipinski definition) is 2. The number of carboxylic acid groups (broad SMARTS) is 1. The van der Waals surface area contributed by atoms with Gasteiger partial charge in [0.15, 0.2) is 0 Å². The third kappa shape index (κ3) is 3.26. The molecule has 2 atom stereocenters. The van der Waals surface area contributed by atoms with Gasteiger partial charge in [-0.1, -0.05) is 42.0 Å². The maximum absolute atomic E-state index is 11.7. The highest BCUT2D eigenvalue weighted by molar-refractivity contribution is 5.66. The summed E-state index contributed by atoms with van der Waals surface area (Å²) in [6.45, 7) is 2.70. The molecule has 122 valence electrons. The number of amides is 1. The largest absolute Gasteiger partial charge is 0.465 e. The molecule has 1 fully saturated rings. The van der Waals surface area contributed by atoms with E-state index in [1.807, 2.05) is 30.3 Å². The topological polar surface area (TPSA) is 52.6 Å². The minimum absolute atomic E-state index is 0.0467. The van der Waals surface area contributed by atoms with E-state index < -0.39 is 6.09 Å². The van der Waals surface area contributed by atoms with Crippen LogP contribution in [0.3, 0.4) is 0 Å². The smallest absolute Gasteiger partial charge is 0.407 e. The lowest BCUT2D eigenvalue weighted by Gasteiger charge is -2.47. The van der Waals surface area contributed by atoms with Crippen molar-refractivity contribution >= 4 is 11.8 Å². The van der Waals surface area contributed by atoms with Crippen LogP contribution >= 0.6 is 0 Å². The quantitative estimate of drug-likeness (QED) is 0.876. The summed E-state index contributed by atoms with van der Waals surface area (Å²) in [6.07, 6.45) is 9.37. The molecule has 1 heterocycles. The number of carbonyl (C=O) groups is 1. The van der Waals surface area contributed by atoms with Crippen molar-refractivity contribution in [3.63, 3.8) is 0 Å². The fraction of sp³-hybridized carbons (Fsp3) is 0.421. The van der Waals surface area contributed by atoms with Crippen LogP contribution in [0.5, 0.6) is 0 Å². The Morgan fingerprint density at radius 2 is 2.09 bits per heavy atom. The molecular formula is C19H24N2O2. The van der Waals surface area contributed by atoms with Crippen LogP contribution in [0.4, 0.5) is 10.5 Å². The number of nitrogens with zero attached hydrogens (tertiary/aromatic N) is 1. The zero-order valence-electron chi connectivity index (χ0n) is 13.5. The zero-order chi connectivity index (χ0) is 16.3. The van der Waals surface area contributed by atoms with E-state index in [1.54, 1.807) is 4.90 Å². The third-order valence-electron chi connectivity index (χ3n) is 4.90. The lowest BCUT2D eigenvalue weighted by atomic mass is 9.77. The number of hydrogen-bond donors (Lipinski definition) is 2. The molecule has 2 aliphatic rings. The van der Waals surface area contributed by atoms with Gasteiger partial charge in [-0.3, -0.25) is 0 Å². The summed E-state index contributed by atoms with van der Waals surface area (Å²) < 4.78 is 0. The van der Waals surface area contributed by atoms with E-state index in [0.29, 0.717) is 6.54 Å². The molecule has 0 saturated carbocycles. The number of likely N-dealkylation sites (tertiary alicyclic amines) is 1. The molecule has 4 heteroatoms. The molecule has 1 saturated heterocycles. The number of rotatable bonds is 3. The van der Waals surface area contributed by atoms with Crippen molar-refractivity contribution in [3.05, 3.63) is 54.1 Å². The van der Waals surface area contributed by atoms with Crippen LogP contribution in [0.2, 0.25) is 0 Å². The monoisotopic (exact) mass is 312 g/mol. The Morgan fingerprint density at radius 1 is 1.30 bits per heavy atom. The van der Waals surface area contributed by atoms with Crippen LogP contribution in [0.1, 0.15) is 32.6 Å². The van der Waals surface area contributed by atoms with E-state index in [0.717, 1.165) is 31.4 Å². The zero-order valence-corrected chi connectivity index (χ0v) is 13.5. The Labute approximate surface area is 137 Å². The van der Waals surface area contributed by atoms with Gasteiger partial charge >= 0.3 is 6.09 Å². The Kier molecular flexibility index (Phi) is 4.42. The SMILES string of the molecule is CC1=CC[C@@](Nc2ccccc2)([C@@H]2CCCCN2C(=O)O)C=C1. The molecule has 1 aromatic rings. The highest BCUT2D eigenvalue weighted by Gasteiger charge is 2.43. The number of nitrogens with one attached hydrogen (secondary N) is 1. The van der Waals surface area contributed by atoms with E-state index in [4.69, 9.17) is 0 Å². The fourth-order valence-corrected chi connectivity index (χ4v) is 3.66. The summed E-state index contributed by atoms with van der Waals surface area (Å²) in [5.74, 6) is 0. The van der Waals surface area contributed by atoms with Gasteiger partial charge in [-0.05, 0) is 44.7 Å². The van der Waals surface area contributed by atoms with Crippen molar-refractivity contribution < 1.29 is 9.90 Å². The van der Waals surface area contributed by atoms with Crippen LogP contribution in [0, 0.1) is 0 Å². The van der Waals surface area contributed by atoms with Crippen molar-refractivity contribution in [2.75, 3.05) is 11.9 Å². The molecule has 0 radical (unpaired) electrons. The van der Waals surface area contributed by atoms with Gasteiger partial charge in [0.05, 0.1) is 11.6 Å². The predicted molar refractivity (Wildman–Crippen MR) is 92.7 cm³/mol. The van der Waals surface area contributed by atoms with Gasteiger partial charge < -0.3 is 15.3 Å². The molecule has 1 aromatic carbocycles. The molecule has 0 aromatic heterocycles. The maximum Gasteiger partial charge on any atom is 0.407 e. The standard InChI is InChI=1S/C19H24N2O2/c1-15-10-12-19(13-11-15,20-16-7-3-2-4-8-16)17-9-5-6-14-21(17)18(22)23/h2-4,7-8,10-12,17,20H,5-6,9,13-14H2,1H3,(H,22,23)/t17-,19+/m0/s1. The summed E-state index contributed by atoms with van der Waals surface area (Å²) in [6, 6.07) is 10.0. The first kappa shape index (κ1) is 15.7. The Morgan fingerprint density at radius 3 is 2.74 bits per heavy atom. The molecule has 0 spiro atoms. The van der Waals surface area contributed by atoms with Crippen molar-refractivity contribution in [2.45, 2.75) is 44.2 Å². The summed E-state index contributed by atoms with van der Waals surface area (Å²) >= 11 is 0. The molecule has 23 heavy (non-hydrogen) atoms. The van der Waals surface area contributed by atoms with Crippen LogP contribution in [-0.2, 0) is 0 Å². The summed E-state index contributed by atoms with van der Waals surface area (Å²) in [5, 5.41) is 13.3. The normalized spacial score (nSPS) is 27.4. The second kappa shape index (κ2) is 6.49. The third-order valence-corrected chi connectivity index (χ3v) is 4.90. The number of allylic oxidation sites excluding steroid dienone is 2. The van der Waals surface area contributed by atoms with Gasteiger partial charge in [0, 0.05) is 12.2 Å². The average Bonchev–Trinajstić information content (AvgIpc) is 2.58. The molecule has 2 N–H and O–H groups in total. The molecule has 4 nitrogen and oxygen atoms in total. The molecule has 3 rings (SSSR count). The highest BCUT2D eigenvalue weighted by Crippen LogP contribution is 2.36. The van der Waals surface area contributed by atoms with E-state index in [9.17, 15) is 9.90 Å². The Bertz CT molecular complexity index is 624. The van der Waals surface area contributed by atoms with Gasteiger partial charge in [-0.25, -0.2) is 4.79 Å². The van der Waals surface area contributed by atoms with Gasteiger partial charge in [0.2, 0.25) is 0 Å². The molecule has 0 unspecified atom stereocenters. The van der Waals surface area contributed by atoms with E-state index >= 15 is 0 Å². The van der Waals surface area contributed by atoms with Crippen molar-refractivity contribution in [1.82, 2.24) is 4.90 Å². The van der Waals surface area contributed by atoms with E-state index in [2.05, 4.69) is 30.5 Å². The molecule has 0 bridgehead atoms. The van der Waals surface area contributed by atoms with Crippen molar-refractivity contribution in [2.24, 2.45) is 0 Å². The van der Waals surface area contributed by atoms with Crippen LogP contribution in [-0.4, -0.2) is 34.2 Å². The van der Waals surface area contributed by atoms with E-state index in [1.165, 1.54) is 5.57 Å². The minimum Gasteiger partial charge on any atom is -0.465 e. The Hall–Kier alpha value is -2.23. The summed E-state index contributed by atoms with van der Waals surface area (Å²) in [4.78, 5) is 13.3. The lowest BCUT2D eigenvalue weighted by molar-refractivity contribution is 0.0873. The van der Waals surface area contributed by atoms with Gasteiger partial charge in [-0.2, -0.15) is 0 Å². The van der Waals surface area contributed by atoms with E-state index in [-0.39, 0.29) is 11.6 Å². The summed E-state index contributed by atoms with van der Waals surface area (Å²) in [5.41, 5.74) is 1.88. The predicted octanol–water partition coefficient (Wildman–Crippen LogP) is 4.28. The van der Waals surface area contributed by atoms with Gasteiger partial charge in [0.25, 0.3) is 0 Å². The lowest BCUT2D eigenvalue weighted by Crippen LogP contribution is -2.59. The second-order valence-corrected chi connectivity index (χ2v) is 6.50. The first-order valence-electron chi connectivity index (χ1n) is 8.29. The van der Waals surface area contributed by atoms with Gasteiger partial charge in [-0.15, -0.1) is 0 Å². The Balaban J connectivity index is 1.95. The molecule has 1 aliphatic carbocycles. The van der Waals surface area contributed by atoms with Crippen LogP contribution in [0.25, 0.3) is 0 Å². The molecule has 1 aliphatic heterocycles. The first-order valence-corrected chi connectivity index (χ1v) is 8.29. The fourth-order valence-electron chi connectivity index (χ4n) is 3.66. The summed E-state index contributed by atoms with van der Waals surface area (Å²) in [7, 11) is 0. The van der Waals surface area contributed by atoms with Crippen LogP contribution < -0.4 is 5.32 Å². The van der Waals surface area contributed by atoms with Gasteiger partial charge in [0.1, 0.15) is 0 Å². The number of piperidine rings is 1. The number of benzene rings is 1. The number of para-hydroxylation sites is 1. The molecule has 1 amide bonds. The highest BCUT2D eigenvalue weighted by atomic mass is 16.4. The minimum atomic E-state index is -0.816.